The summed E-state index contributed by atoms with van der Waals surface area (Å²) >= 11 is 0. The standard InChI is InChI=1S/C14H18N6O2/c1-5-22-13(21)11-8(2)18-14-15-7-17-20(14)12(11)10-6-16-19(4)9(10)3/h6-7,12H,5H2,1-4H3,(H,15,17,18)/t12-/m0/s1. The minimum absolute atomic E-state index is 0.318. The van der Waals surface area contributed by atoms with Crippen molar-refractivity contribution in [3.05, 3.63) is 35.1 Å². The number of nitrogens with one attached hydrogen (secondary N) is 1. The molecule has 116 valence electrons. The highest BCUT2D eigenvalue weighted by atomic mass is 16.5. The lowest BCUT2D eigenvalue weighted by atomic mass is 9.96. The van der Waals surface area contributed by atoms with Crippen molar-refractivity contribution in [2.75, 3.05) is 11.9 Å². The van der Waals surface area contributed by atoms with Crippen LogP contribution in [0, 0.1) is 6.92 Å². The average Bonchev–Trinajstić information content (AvgIpc) is 3.06. The smallest absolute Gasteiger partial charge is 0.338 e. The quantitative estimate of drug-likeness (QED) is 0.857. The maximum Gasteiger partial charge on any atom is 0.338 e. The van der Waals surface area contributed by atoms with Crippen LogP contribution < -0.4 is 5.32 Å². The minimum atomic E-state index is -0.397. The van der Waals surface area contributed by atoms with Crippen LogP contribution in [0.2, 0.25) is 0 Å². The second-order valence-electron chi connectivity index (χ2n) is 5.12. The number of ether oxygens (including phenoxy) is 1. The molecule has 8 nitrogen and oxygen atoms in total. The van der Waals surface area contributed by atoms with Crippen LogP contribution in [0.4, 0.5) is 5.95 Å². The number of esters is 1. The van der Waals surface area contributed by atoms with E-state index in [0.29, 0.717) is 23.8 Å². The van der Waals surface area contributed by atoms with E-state index in [1.54, 1.807) is 22.5 Å². The highest BCUT2D eigenvalue weighted by Gasteiger charge is 2.35. The van der Waals surface area contributed by atoms with Gasteiger partial charge in [0.2, 0.25) is 5.95 Å². The van der Waals surface area contributed by atoms with Gasteiger partial charge in [-0.05, 0) is 20.8 Å². The van der Waals surface area contributed by atoms with Crippen molar-refractivity contribution in [2.45, 2.75) is 26.8 Å². The van der Waals surface area contributed by atoms with E-state index >= 15 is 0 Å². The number of allylic oxidation sites excluding steroid dienone is 1. The number of carbonyl (C=O) groups excluding carboxylic acids is 1. The van der Waals surface area contributed by atoms with E-state index in [0.717, 1.165) is 11.3 Å². The Morgan fingerprint density at radius 2 is 2.18 bits per heavy atom. The zero-order valence-corrected chi connectivity index (χ0v) is 13.0. The molecule has 3 rings (SSSR count). The summed E-state index contributed by atoms with van der Waals surface area (Å²) in [4.78, 5) is 16.6. The van der Waals surface area contributed by atoms with Crippen LogP contribution in [0.3, 0.4) is 0 Å². The van der Waals surface area contributed by atoms with Crippen molar-refractivity contribution in [1.29, 1.82) is 0 Å². The van der Waals surface area contributed by atoms with Crippen molar-refractivity contribution in [3.63, 3.8) is 0 Å². The second kappa shape index (κ2) is 5.28. The summed E-state index contributed by atoms with van der Waals surface area (Å²) in [6, 6.07) is -0.397. The van der Waals surface area contributed by atoms with Gasteiger partial charge in [-0.2, -0.15) is 15.2 Å². The third kappa shape index (κ3) is 2.07. The summed E-state index contributed by atoms with van der Waals surface area (Å²) in [6.07, 6.45) is 3.21. The van der Waals surface area contributed by atoms with Crippen LogP contribution in [0.1, 0.15) is 31.1 Å². The molecule has 2 aromatic rings. The number of rotatable bonds is 3. The average molecular weight is 302 g/mol. The number of anilines is 1. The van der Waals surface area contributed by atoms with E-state index in [2.05, 4.69) is 20.5 Å². The lowest BCUT2D eigenvalue weighted by Gasteiger charge is -2.27. The molecule has 1 aliphatic heterocycles. The fourth-order valence-corrected chi connectivity index (χ4v) is 2.64. The van der Waals surface area contributed by atoms with Crippen molar-refractivity contribution in [2.24, 2.45) is 7.05 Å². The van der Waals surface area contributed by atoms with Gasteiger partial charge < -0.3 is 10.1 Å². The summed E-state index contributed by atoms with van der Waals surface area (Å²) in [6.45, 7) is 5.90. The third-order valence-corrected chi connectivity index (χ3v) is 3.86. The normalized spacial score (nSPS) is 17.2. The first-order chi connectivity index (χ1) is 10.5. The Morgan fingerprint density at radius 1 is 1.41 bits per heavy atom. The van der Waals surface area contributed by atoms with E-state index < -0.39 is 6.04 Å². The summed E-state index contributed by atoms with van der Waals surface area (Å²) in [5.41, 5.74) is 3.10. The second-order valence-corrected chi connectivity index (χ2v) is 5.12. The number of hydrogen-bond donors (Lipinski definition) is 1. The Labute approximate surface area is 127 Å². The van der Waals surface area contributed by atoms with Crippen molar-refractivity contribution in [3.8, 4) is 0 Å². The number of carbonyl (C=O) groups is 1. The Balaban J connectivity index is 2.17. The molecule has 0 saturated carbocycles. The summed E-state index contributed by atoms with van der Waals surface area (Å²) < 4.78 is 8.67. The fourth-order valence-electron chi connectivity index (χ4n) is 2.64. The Morgan fingerprint density at radius 3 is 2.82 bits per heavy atom. The van der Waals surface area contributed by atoms with Crippen molar-refractivity contribution < 1.29 is 9.53 Å². The lowest BCUT2D eigenvalue weighted by molar-refractivity contribution is -0.139. The molecular formula is C14H18N6O2. The zero-order valence-electron chi connectivity index (χ0n) is 13.0. The predicted octanol–water partition coefficient (Wildman–Crippen LogP) is 1.17. The van der Waals surface area contributed by atoms with Crippen LogP contribution >= 0.6 is 0 Å². The third-order valence-electron chi connectivity index (χ3n) is 3.86. The molecule has 3 heterocycles. The Bertz CT molecular complexity index is 757. The molecule has 1 atom stereocenters. The summed E-state index contributed by atoms with van der Waals surface area (Å²) in [5.74, 6) is 0.237. The zero-order chi connectivity index (χ0) is 15.9. The maximum atomic E-state index is 12.4. The van der Waals surface area contributed by atoms with Gasteiger partial charge in [-0.3, -0.25) is 4.68 Å². The lowest BCUT2D eigenvalue weighted by Crippen LogP contribution is -2.30. The van der Waals surface area contributed by atoms with Gasteiger partial charge in [-0.1, -0.05) is 0 Å². The van der Waals surface area contributed by atoms with Gasteiger partial charge in [0.15, 0.2) is 0 Å². The van der Waals surface area contributed by atoms with Crippen LogP contribution in [0.25, 0.3) is 0 Å². The van der Waals surface area contributed by atoms with Gasteiger partial charge in [0.25, 0.3) is 0 Å². The van der Waals surface area contributed by atoms with Gasteiger partial charge in [0.05, 0.1) is 18.4 Å². The maximum absolute atomic E-state index is 12.4. The molecule has 8 heteroatoms. The molecule has 0 aromatic carbocycles. The van der Waals surface area contributed by atoms with E-state index in [1.807, 2.05) is 20.9 Å². The highest BCUT2D eigenvalue weighted by molar-refractivity contribution is 5.92. The van der Waals surface area contributed by atoms with Gasteiger partial charge in [0, 0.05) is 24.0 Å². The molecule has 0 bridgehead atoms. The van der Waals surface area contributed by atoms with Crippen molar-refractivity contribution in [1.82, 2.24) is 24.5 Å². The molecule has 0 aliphatic carbocycles. The molecular weight excluding hydrogens is 284 g/mol. The van der Waals surface area contributed by atoms with Crippen molar-refractivity contribution >= 4 is 11.9 Å². The molecule has 22 heavy (non-hydrogen) atoms. The Kier molecular flexibility index (Phi) is 3.44. The van der Waals surface area contributed by atoms with Crippen LogP contribution in [-0.4, -0.2) is 37.1 Å². The molecule has 1 N–H and O–H groups in total. The van der Waals surface area contributed by atoms with Gasteiger partial charge in [-0.25, -0.2) is 9.48 Å². The summed E-state index contributed by atoms with van der Waals surface area (Å²) in [7, 11) is 1.86. The minimum Gasteiger partial charge on any atom is -0.463 e. The van der Waals surface area contributed by atoms with Crippen LogP contribution in [-0.2, 0) is 16.6 Å². The van der Waals surface area contributed by atoms with Gasteiger partial charge in [-0.15, -0.1) is 0 Å². The van der Waals surface area contributed by atoms with E-state index in [-0.39, 0.29) is 5.97 Å². The van der Waals surface area contributed by atoms with Gasteiger partial charge in [0.1, 0.15) is 12.4 Å². The first-order valence-corrected chi connectivity index (χ1v) is 7.07. The molecule has 0 saturated heterocycles. The summed E-state index contributed by atoms with van der Waals surface area (Å²) in [5, 5.41) is 11.6. The van der Waals surface area contributed by atoms with E-state index in [9.17, 15) is 4.79 Å². The highest BCUT2D eigenvalue weighted by Crippen LogP contribution is 2.36. The first kappa shape index (κ1) is 14.3. The molecule has 2 aromatic heterocycles. The van der Waals surface area contributed by atoms with E-state index in [1.165, 1.54) is 6.33 Å². The molecule has 0 spiro atoms. The topological polar surface area (TPSA) is 86.9 Å². The van der Waals surface area contributed by atoms with E-state index in [4.69, 9.17) is 4.74 Å². The number of fused-ring (bicyclic) bond motifs is 1. The molecule has 0 unspecified atom stereocenters. The largest absolute Gasteiger partial charge is 0.463 e. The molecule has 1 aliphatic rings. The number of nitrogens with zero attached hydrogens (tertiary/aromatic N) is 5. The van der Waals surface area contributed by atoms with Crippen LogP contribution in [0.15, 0.2) is 23.8 Å². The molecule has 0 amide bonds. The number of aromatic nitrogens is 5. The monoisotopic (exact) mass is 302 g/mol. The van der Waals surface area contributed by atoms with Gasteiger partial charge >= 0.3 is 5.97 Å². The number of hydrogen-bond acceptors (Lipinski definition) is 6. The number of aryl methyl sites for hydroxylation is 1. The predicted molar refractivity (Wildman–Crippen MR) is 79.1 cm³/mol. The molecule has 0 fully saturated rings. The SMILES string of the molecule is CCOC(=O)C1=C(C)Nc2ncnn2[C@H]1c1cnn(C)c1C. The Hall–Kier alpha value is -2.64. The first-order valence-electron chi connectivity index (χ1n) is 7.07. The van der Waals surface area contributed by atoms with Crippen LogP contribution in [0.5, 0.6) is 0 Å². The molecule has 0 radical (unpaired) electrons. The fraction of sp³-hybridized carbons (Fsp3) is 0.429.